The third kappa shape index (κ3) is 4.50. The summed E-state index contributed by atoms with van der Waals surface area (Å²) >= 11 is 5.76. The van der Waals surface area contributed by atoms with Gasteiger partial charge in [-0.25, -0.2) is 0 Å². The van der Waals surface area contributed by atoms with Gasteiger partial charge in [-0.15, -0.1) is 0 Å². The third-order valence-corrected chi connectivity index (χ3v) is 2.34. The lowest BCUT2D eigenvalue weighted by atomic mass is 10.3. The average Bonchev–Trinajstić information content (AvgIpc) is 2.35. The van der Waals surface area contributed by atoms with Crippen molar-refractivity contribution in [2.24, 2.45) is 10.9 Å². The number of benzene rings is 1. The molecule has 1 atom stereocenters. The van der Waals surface area contributed by atoms with Crippen molar-refractivity contribution < 1.29 is 14.7 Å². The Balaban J connectivity index is 2.42. The lowest BCUT2D eigenvalue weighted by Gasteiger charge is -2.12. The topological polar surface area (TPSA) is 96.9 Å². The Morgan fingerprint density at radius 2 is 2.39 bits per heavy atom. The number of nitrogens with zero attached hydrogens (tertiary/aromatic N) is 1. The van der Waals surface area contributed by atoms with Crippen molar-refractivity contribution >= 4 is 23.3 Å². The molecule has 7 heteroatoms. The van der Waals surface area contributed by atoms with Gasteiger partial charge in [0.15, 0.2) is 12.4 Å². The number of halogens is 1. The second kappa shape index (κ2) is 6.70. The van der Waals surface area contributed by atoms with Gasteiger partial charge < -0.3 is 21.0 Å². The summed E-state index contributed by atoms with van der Waals surface area (Å²) in [5.74, 6) is 0.0364. The molecule has 1 aromatic carbocycles. The van der Waals surface area contributed by atoms with E-state index in [2.05, 4.69) is 10.5 Å². The van der Waals surface area contributed by atoms with Gasteiger partial charge in [0.25, 0.3) is 5.91 Å². The highest BCUT2D eigenvalue weighted by Crippen LogP contribution is 2.16. The molecule has 0 spiro atoms. The van der Waals surface area contributed by atoms with E-state index >= 15 is 0 Å². The van der Waals surface area contributed by atoms with Gasteiger partial charge in [-0.05, 0) is 25.1 Å². The standard InChI is InChI=1S/C11H14ClN3O3/c1-7(11(13)15-17)14-10(16)6-18-9-4-2-3-8(12)5-9/h2-5,7,17H,6H2,1H3,(H2,13,15)(H,14,16). The number of nitrogens with one attached hydrogen (secondary N) is 1. The van der Waals surface area contributed by atoms with Crippen LogP contribution in [0.5, 0.6) is 5.75 Å². The molecule has 0 aliphatic rings. The van der Waals surface area contributed by atoms with Gasteiger partial charge in [-0.3, -0.25) is 4.79 Å². The number of rotatable bonds is 5. The van der Waals surface area contributed by atoms with Gasteiger partial charge in [-0.2, -0.15) is 0 Å². The summed E-state index contributed by atoms with van der Waals surface area (Å²) in [4.78, 5) is 11.5. The van der Waals surface area contributed by atoms with Crippen molar-refractivity contribution in [3.8, 4) is 5.75 Å². The number of hydrogen-bond acceptors (Lipinski definition) is 4. The minimum Gasteiger partial charge on any atom is -0.484 e. The highest BCUT2D eigenvalue weighted by Gasteiger charge is 2.11. The first kappa shape index (κ1) is 14.1. The maximum Gasteiger partial charge on any atom is 0.258 e. The molecule has 98 valence electrons. The van der Waals surface area contributed by atoms with Crippen LogP contribution in [-0.2, 0) is 4.79 Å². The fourth-order valence-corrected chi connectivity index (χ4v) is 1.33. The molecule has 0 aromatic heterocycles. The van der Waals surface area contributed by atoms with E-state index in [1.165, 1.54) is 0 Å². The SMILES string of the molecule is CC(NC(=O)COc1cccc(Cl)c1)/C(N)=N/O. The molecule has 0 fully saturated rings. The quantitative estimate of drug-likeness (QED) is 0.322. The largest absolute Gasteiger partial charge is 0.484 e. The summed E-state index contributed by atoms with van der Waals surface area (Å²) in [6.07, 6.45) is 0. The van der Waals surface area contributed by atoms with E-state index in [0.29, 0.717) is 10.8 Å². The Kier molecular flexibility index (Phi) is 5.26. The summed E-state index contributed by atoms with van der Waals surface area (Å²) < 4.78 is 5.22. The molecular formula is C11H14ClN3O3. The summed E-state index contributed by atoms with van der Waals surface area (Å²) in [7, 11) is 0. The van der Waals surface area contributed by atoms with Crippen molar-refractivity contribution in [1.29, 1.82) is 0 Å². The maximum atomic E-state index is 11.5. The van der Waals surface area contributed by atoms with Gasteiger partial charge >= 0.3 is 0 Å². The molecule has 1 amide bonds. The van der Waals surface area contributed by atoms with Gasteiger partial charge in [-0.1, -0.05) is 22.8 Å². The van der Waals surface area contributed by atoms with Crippen LogP contribution in [0, 0.1) is 0 Å². The summed E-state index contributed by atoms with van der Waals surface area (Å²) in [6.45, 7) is 1.41. The zero-order chi connectivity index (χ0) is 13.5. The first-order valence-corrected chi connectivity index (χ1v) is 5.56. The monoisotopic (exact) mass is 271 g/mol. The number of nitrogens with two attached hydrogens (primary N) is 1. The van der Waals surface area contributed by atoms with Crippen LogP contribution in [0.15, 0.2) is 29.4 Å². The third-order valence-electron chi connectivity index (χ3n) is 2.10. The van der Waals surface area contributed by atoms with Crippen LogP contribution < -0.4 is 15.8 Å². The average molecular weight is 272 g/mol. The lowest BCUT2D eigenvalue weighted by Crippen LogP contribution is -2.44. The smallest absolute Gasteiger partial charge is 0.258 e. The van der Waals surface area contributed by atoms with Gasteiger partial charge in [0.05, 0.1) is 6.04 Å². The van der Waals surface area contributed by atoms with E-state index in [9.17, 15) is 4.79 Å². The predicted molar refractivity (Wildman–Crippen MR) is 68.0 cm³/mol. The van der Waals surface area contributed by atoms with Crippen LogP contribution in [0.1, 0.15) is 6.92 Å². The molecule has 1 aromatic rings. The van der Waals surface area contributed by atoms with E-state index < -0.39 is 6.04 Å². The summed E-state index contributed by atoms with van der Waals surface area (Å²) in [5, 5.41) is 14.2. The number of oxime groups is 1. The Morgan fingerprint density at radius 3 is 3.00 bits per heavy atom. The van der Waals surface area contributed by atoms with Crippen LogP contribution in [0.2, 0.25) is 5.02 Å². The van der Waals surface area contributed by atoms with Gasteiger partial charge in [0.2, 0.25) is 0 Å². The number of amides is 1. The molecular weight excluding hydrogens is 258 g/mol. The minimum absolute atomic E-state index is 0.0777. The molecule has 1 rings (SSSR count). The zero-order valence-electron chi connectivity index (χ0n) is 9.76. The zero-order valence-corrected chi connectivity index (χ0v) is 10.5. The molecule has 18 heavy (non-hydrogen) atoms. The number of carbonyl (C=O) groups excluding carboxylic acids is 1. The Morgan fingerprint density at radius 1 is 1.67 bits per heavy atom. The molecule has 0 bridgehead atoms. The second-order valence-corrected chi connectivity index (χ2v) is 4.00. The van der Waals surface area contributed by atoms with Crippen LogP contribution >= 0.6 is 11.6 Å². The summed E-state index contributed by atoms with van der Waals surface area (Å²) in [6, 6.07) is 6.14. The highest BCUT2D eigenvalue weighted by atomic mass is 35.5. The van der Waals surface area contributed by atoms with Crippen molar-refractivity contribution in [1.82, 2.24) is 5.32 Å². The number of carbonyl (C=O) groups is 1. The summed E-state index contributed by atoms with van der Waals surface area (Å²) in [5.41, 5.74) is 5.32. The Hall–Kier alpha value is -1.95. The molecule has 1 unspecified atom stereocenters. The van der Waals surface area contributed by atoms with Gasteiger partial charge in [0.1, 0.15) is 5.75 Å². The van der Waals surface area contributed by atoms with E-state index in [1.54, 1.807) is 31.2 Å². The Bertz CT molecular complexity index is 451. The maximum absolute atomic E-state index is 11.5. The van der Waals surface area contributed by atoms with E-state index in [-0.39, 0.29) is 18.3 Å². The molecule has 4 N–H and O–H groups in total. The Labute approximate surface area is 109 Å². The molecule has 0 aliphatic heterocycles. The lowest BCUT2D eigenvalue weighted by molar-refractivity contribution is -0.123. The van der Waals surface area contributed by atoms with E-state index in [1.807, 2.05) is 0 Å². The number of amidine groups is 1. The van der Waals surface area contributed by atoms with Gasteiger partial charge in [0, 0.05) is 5.02 Å². The molecule has 0 heterocycles. The normalized spacial score (nSPS) is 12.9. The highest BCUT2D eigenvalue weighted by molar-refractivity contribution is 6.30. The van der Waals surface area contributed by atoms with Crippen LogP contribution in [0.25, 0.3) is 0 Å². The number of hydrogen-bond donors (Lipinski definition) is 3. The fraction of sp³-hybridized carbons (Fsp3) is 0.273. The first-order valence-electron chi connectivity index (χ1n) is 5.18. The second-order valence-electron chi connectivity index (χ2n) is 3.56. The van der Waals surface area contributed by atoms with E-state index in [0.717, 1.165) is 0 Å². The van der Waals surface area contributed by atoms with E-state index in [4.69, 9.17) is 27.3 Å². The fourth-order valence-electron chi connectivity index (χ4n) is 1.15. The molecule has 0 radical (unpaired) electrons. The minimum atomic E-state index is -0.564. The van der Waals surface area contributed by atoms with Crippen molar-refractivity contribution in [2.45, 2.75) is 13.0 Å². The van der Waals surface area contributed by atoms with Crippen molar-refractivity contribution in [3.05, 3.63) is 29.3 Å². The van der Waals surface area contributed by atoms with Crippen molar-refractivity contribution in [2.75, 3.05) is 6.61 Å². The molecule has 0 saturated heterocycles. The molecule has 6 nitrogen and oxygen atoms in total. The molecule has 0 saturated carbocycles. The molecule has 0 aliphatic carbocycles. The van der Waals surface area contributed by atoms with Crippen LogP contribution in [-0.4, -0.2) is 29.6 Å². The first-order chi connectivity index (χ1) is 8.52. The van der Waals surface area contributed by atoms with Crippen LogP contribution in [0.3, 0.4) is 0 Å². The van der Waals surface area contributed by atoms with Crippen molar-refractivity contribution in [3.63, 3.8) is 0 Å². The predicted octanol–water partition coefficient (Wildman–Crippen LogP) is 0.970. The number of ether oxygens (including phenoxy) is 1. The van der Waals surface area contributed by atoms with Crippen LogP contribution in [0.4, 0.5) is 0 Å².